The van der Waals surface area contributed by atoms with Gasteiger partial charge < -0.3 is 21.3 Å². The average molecular weight is 553 g/mol. The van der Waals surface area contributed by atoms with Crippen molar-refractivity contribution in [2.24, 2.45) is 28.9 Å². The summed E-state index contributed by atoms with van der Waals surface area (Å²) in [6.07, 6.45) is 5.82. The van der Waals surface area contributed by atoms with E-state index in [1.54, 1.807) is 4.90 Å². The summed E-state index contributed by atoms with van der Waals surface area (Å²) in [5.74, 6) is -2.71. The highest BCUT2D eigenvalue weighted by Gasteiger charge is 2.69. The molecule has 4 unspecified atom stereocenters. The summed E-state index contributed by atoms with van der Waals surface area (Å²) in [5, 5.41) is 5.81. The molecule has 218 valence electrons. The Morgan fingerprint density at radius 1 is 1.07 bits per heavy atom. The van der Waals surface area contributed by atoms with Gasteiger partial charge in [0, 0.05) is 6.54 Å². The van der Waals surface area contributed by atoms with Gasteiger partial charge in [0.1, 0.15) is 12.1 Å². The number of primary amides is 1. The Morgan fingerprint density at radius 2 is 1.77 bits per heavy atom. The third-order valence-corrected chi connectivity index (χ3v) is 9.36. The number of piperidine rings is 1. The minimum atomic E-state index is -1.09. The van der Waals surface area contributed by atoms with Crippen LogP contribution >= 0.6 is 0 Å². The van der Waals surface area contributed by atoms with Gasteiger partial charge in [0.2, 0.25) is 23.5 Å². The smallest absolute Gasteiger partial charge is 0.287 e. The zero-order chi connectivity index (χ0) is 29.2. The van der Waals surface area contributed by atoms with Crippen LogP contribution in [-0.4, -0.2) is 59.0 Å². The van der Waals surface area contributed by atoms with Crippen molar-refractivity contribution in [3.05, 3.63) is 35.4 Å². The summed E-state index contributed by atoms with van der Waals surface area (Å²) in [5.41, 5.74) is 7.06. The van der Waals surface area contributed by atoms with E-state index in [9.17, 15) is 24.0 Å². The van der Waals surface area contributed by atoms with Crippen LogP contribution in [0, 0.1) is 30.1 Å². The maximum atomic E-state index is 14.2. The SMILES string of the molecule is CCCC(NC(=O)C1C2C(CN1C(=O)[C@@H](NC(=O)Cc1cccc(C)c1)C1CCCCC1)C2(C)C)C(=O)C(N)=O. The highest BCUT2D eigenvalue weighted by Crippen LogP contribution is 2.65. The number of aryl methyl sites for hydroxylation is 1. The molecule has 0 radical (unpaired) electrons. The number of Topliss-reactive ketones (excluding diaryl/α,β-unsaturated/α-hetero) is 1. The monoisotopic (exact) mass is 552 g/mol. The van der Waals surface area contributed by atoms with Crippen molar-refractivity contribution >= 4 is 29.4 Å². The van der Waals surface area contributed by atoms with Crippen LogP contribution < -0.4 is 16.4 Å². The summed E-state index contributed by atoms with van der Waals surface area (Å²) in [4.78, 5) is 66.8. The summed E-state index contributed by atoms with van der Waals surface area (Å²) in [6.45, 7) is 8.43. The summed E-state index contributed by atoms with van der Waals surface area (Å²) >= 11 is 0. The van der Waals surface area contributed by atoms with Crippen LogP contribution in [-0.2, 0) is 30.4 Å². The fraction of sp³-hybridized carbons (Fsp3) is 0.645. The van der Waals surface area contributed by atoms with Crippen molar-refractivity contribution in [2.45, 2.75) is 97.2 Å². The van der Waals surface area contributed by atoms with Crippen molar-refractivity contribution in [1.82, 2.24) is 15.5 Å². The second-order valence-electron chi connectivity index (χ2n) is 12.6. The molecule has 9 heteroatoms. The van der Waals surface area contributed by atoms with Gasteiger partial charge in [-0.15, -0.1) is 0 Å². The van der Waals surface area contributed by atoms with Gasteiger partial charge in [-0.25, -0.2) is 0 Å². The van der Waals surface area contributed by atoms with Crippen LogP contribution in [0.25, 0.3) is 0 Å². The van der Waals surface area contributed by atoms with E-state index in [2.05, 4.69) is 24.5 Å². The van der Waals surface area contributed by atoms with E-state index in [4.69, 9.17) is 5.73 Å². The van der Waals surface area contributed by atoms with E-state index in [0.717, 1.165) is 43.2 Å². The number of ketones is 1. The van der Waals surface area contributed by atoms with Crippen molar-refractivity contribution in [3.63, 3.8) is 0 Å². The molecule has 4 rings (SSSR count). The first-order chi connectivity index (χ1) is 18.9. The maximum absolute atomic E-state index is 14.2. The van der Waals surface area contributed by atoms with Crippen LogP contribution in [0.2, 0.25) is 0 Å². The van der Waals surface area contributed by atoms with Gasteiger partial charge in [-0.3, -0.25) is 24.0 Å². The van der Waals surface area contributed by atoms with Gasteiger partial charge >= 0.3 is 0 Å². The van der Waals surface area contributed by atoms with Crippen molar-refractivity contribution in [3.8, 4) is 0 Å². The molecule has 0 bridgehead atoms. The summed E-state index contributed by atoms with van der Waals surface area (Å²) in [7, 11) is 0. The normalized spacial score (nSPS) is 24.9. The Morgan fingerprint density at radius 3 is 2.40 bits per heavy atom. The molecule has 1 saturated heterocycles. The third kappa shape index (κ3) is 6.23. The van der Waals surface area contributed by atoms with Crippen molar-refractivity contribution < 1.29 is 24.0 Å². The standard InChI is InChI=1S/C31H44N4O5/c1-5-10-22(27(37)28(32)38)33-29(39)26-24-21(31(24,3)4)17-35(26)30(40)25(20-13-7-6-8-14-20)34-23(36)16-19-12-9-11-18(2)15-19/h9,11-12,15,20-22,24-26H,5-8,10,13-14,16-17H2,1-4H3,(H2,32,38)(H,33,39)(H,34,36)/t21?,22?,24?,25-,26?/m0/s1. The van der Waals surface area contributed by atoms with Gasteiger partial charge in [0.05, 0.1) is 12.5 Å². The second-order valence-corrected chi connectivity index (χ2v) is 12.6. The second kappa shape index (κ2) is 12.1. The number of fused-ring (bicyclic) bond motifs is 1. The van der Waals surface area contributed by atoms with Gasteiger partial charge in [-0.2, -0.15) is 0 Å². The first-order valence-electron chi connectivity index (χ1n) is 14.7. The zero-order valence-electron chi connectivity index (χ0n) is 24.2. The molecule has 5 atom stereocenters. The number of amides is 4. The molecule has 4 N–H and O–H groups in total. The van der Waals surface area contributed by atoms with E-state index >= 15 is 0 Å². The van der Waals surface area contributed by atoms with E-state index in [-0.39, 0.29) is 47.8 Å². The fourth-order valence-corrected chi connectivity index (χ4v) is 7.06. The fourth-order valence-electron chi connectivity index (χ4n) is 7.06. The molecular formula is C31H44N4O5. The van der Waals surface area contributed by atoms with Gasteiger partial charge in [-0.05, 0) is 54.9 Å². The lowest BCUT2D eigenvalue weighted by atomic mass is 9.83. The Kier molecular flexibility index (Phi) is 9.00. The molecule has 4 amide bonds. The predicted octanol–water partition coefficient (Wildman–Crippen LogP) is 2.42. The van der Waals surface area contributed by atoms with E-state index < -0.39 is 35.7 Å². The minimum Gasteiger partial charge on any atom is -0.363 e. The quantitative estimate of drug-likeness (QED) is 0.362. The number of rotatable bonds is 11. The summed E-state index contributed by atoms with van der Waals surface area (Å²) < 4.78 is 0. The Hall–Kier alpha value is -3.23. The lowest BCUT2D eigenvalue weighted by molar-refractivity contribution is -0.145. The molecule has 3 aliphatic rings. The predicted molar refractivity (Wildman–Crippen MR) is 151 cm³/mol. The van der Waals surface area contributed by atoms with Gasteiger partial charge in [0.25, 0.3) is 5.91 Å². The largest absolute Gasteiger partial charge is 0.363 e. The molecule has 40 heavy (non-hydrogen) atoms. The summed E-state index contributed by atoms with van der Waals surface area (Å²) in [6, 6.07) is 5.26. The molecule has 1 heterocycles. The first kappa shape index (κ1) is 29.7. The van der Waals surface area contributed by atoms with Crippen molar-refractivity contribution in [1.29, 1.82) is 0 Å². The number of benzene rings is 1. The molecule has 2 aliphatic carbocycles. The number of hydrogen-bond donors (Lipinski definition) is 3. The molecule has 9 nitrogen and oxygen atoms in total. The number of likely N-dealkylation sites (tertiary alicyclic amines) is 1. The lowest BCUT2D eigenvalue weighted by Crippen LogP contribution is -2.59. The van der Waals surface area contributed by atoms with Crippen LogP contribution in [0.3, 0.4) is 0 Å². The van der Waals surface area contributed by atoms with Crippen LogP contribution in [0.5, 0.6) is 0 Å². The number of nitrogens with one attached hydrogen (secondary N) is 2. The van der Waals surface area contributed by atoms with E-state index in [1.807, 2.05) is 38.1 Å². The van der Waals surface area contributed by atoms with Gasteiger partial charge in [0.15, 0.2) is 0 Å². The number of nitrogens with zero attached hydrogens (tertiary/aromatic N) is 1. The van der Waals surface area contributed by atoms with Crippen LogP contribution in [0.4, 0.5) is 0 Å². The number of carbonyl (C=O) groups excluding carboxylic acids is 5. The molecule has 2 saturated carbocycles. The number of nitrogens with two attached hydrogens (primary N) is 1. The third-order valence-electron chi connectivity index (χ3n) is 9.36. The number of carbonyl (C=O) groups is 5. The molecule has 1 aromatic rings. The van der Waals surface area contributed by atoms with Crippen LogP contribution in [0.15, 0.2) is 24.3 Å². The lowest BCUT2D eigenvalue weighted by Gasteiger charge is -2.37. The average Bonchev–Trinajstić information content (AvgIpc) is 3.23. The van der Waals surface area contributed by atoms with Crippen molar-refractivity contribution in [2.75, 3.05) is 6.54 Å². The number of hydrogen-bond acceptors (Lipinski definition) is 5. The highest BCUT2D eigenvalue weighted by molar-refractivity contribution is 6.37. The molecular weight excluding hydrogens is 508 g/mol. The Bertz CT molecular complexity index is 1160. The molecule has 0 aromatic heterocycles. The maximum Gasteiger partial charge on any atom is 0.287 e. The van der Waals surface area contributed by atoms with E-state index in [1.165, 1.54) is 0 Å². The van der Waals surface area contributed by atoms with E-state index in [0.29, 0.717) is 13.0 Å². The molecule has 1 aliphatic heterocycles. The molecule has 3 fully saturated rings. The molecule has 1 aromatic carbocycles. The molecule has 0 spiro atoms. The Balaban J connectivity index is 1.56. The highest BCUT2D eigenvalue weighted by atomic mass is 16.2. The zero-order valence-corrected chi connectivity index (χ0v) is 24.2. The van der Waals surface area contributed by atoms with Gasteiger partial charge in [-0.1, -0.05) is 76.3 Å². The first-order valence-corrected chi connectivity index (χ1v) is 14.7. The van der Waals surface area contributed by atoms with Crippen LogP contribution in [0.1, 0.15) is 76.8 Å². The Labute approximate surface area is 237 Å². The topological polar surface area (TPSA) is 139 Å². The minimum absolute atomic E-state index is 0.000590.